The zero-order valence-electron chi connectivity index (χ0n) is 8.41. The number of rotatable bonds is 5. The second kappa shape index (κ2) is 5.97. The maximum atomic E-state index is 12.8. The summed E-state index contributed by atoms with van der Waals surface area (Å²) in [5, 5.41) is 11.2. The molecule has 0 unspecified atom stereocenters. The lowest BCUT2D eigenvalue weighted by Gasteiger charge is -2.02. The maximum absolute atomic E-state index is 12.8. The fourth-order valence-electron chi connectivity index (χ4n) is 1.11. The van der Waals surface area contributed by atoms with Gasteiger partial charge in [-0.1, -0.05) is 12.1 Å². The van der Waals surface area contributed by atoms with Gasteiger partial charge in [0.1, 0.15) is 0 Å². The van der Waals surface area contributed by atoms with Gasteiger partial charge >= 0.3 is 5.97 Å². The quantitative estimate of drug-likeness (QED) is 0.594. The van der Waals surface area contributed by atoms with Gasteiger partial charge in [0.15, 0.2) is 11.6 Å². The Bertz CT molecular complexity index is 405. The van der Waals surface area contributed by atoms with E-state index in [4.69, 9.17) is 5.11 Å². The molecule has 0 aliphatic carbocycles. The van der Waals surface area contributed by atoms with Crippen LogP contribution in [-0.2, 0) is 11.3 Å². The fraction of sp³-hybridized carbons (Fsp3) is 0.182. The van der Waals surface area contributed by atoms with E-state index in [-0.39, 0.29) is 0 Å². The molecule has 0 spiro atoms. The summed E-state index contributed by atoms with van der Waals surface area (Å²) in [6.45, 7) is 0.701. The summed E-state index contributed by atoms with van der Waals surface area (Å²) in [6, 6.07) is 3.62. The molecule has 0 heterocycles. The van der Waals surface area contributed by atoms with Crippen LogP contribution in [0.5, 0.6) is 0 Å². The van der Waals surface area contributed by atoms with Crippen molar-refractivity contribution < 1.29 is 18.7 Å². The first kappa shape index (κ1) is 12.3. The van der Waals surface area contributed by atoms with Crippen molar-refractivity contribution in [2.75, 3.05) is 6.54 Å². The molecule has 2 N–H and O–H groups in total. The number of carboxylic acids is 1. The van der Waals surface area contributed by atoms with Crippen LogP contribution in [0.15, 0.2) is 30.4 Å². The van der Waals surface area contributed by atoms with Crippen LogP contribution >= 0.6 is 0 Å². The highest BCUT2D eigenvalue weighted by atomic mass is 19.2. The van der Waals surface area contributed by atoms with Gasteiger partial charge < -0.3 is 10.4 Å². The van der Waals surface area contributed by atoms with E-state index in [9.17, 15) is 13.6 Å². The first-order valence-electron chi connectivity index (χ1n) is 4.63. The topological polar surface area (TPSA) is 49.3 Å². The van der Waals surface area contributed by atoms with Crippen molar-refractivity contribution >= 4 is 5.97 Å². The average molecular weight is 227 g/mol. The zero-order valence-corrected chi connectivity index (χ0v) is 8.41. The average Bonchev–Trinajstić information content (AvgIpc) is 2.22. The van der Waals surface area contributed by atoms with Crippen molar-refractivity contribution in [2.45, 2.75) is 6.54 Å². The summed E-state index contributed by atoms with van der Waals surface area (Å²) in [7, 11) is 0. The van der Waals surface area contributed by atoms with Gasteiger partial charge in [-0.25, -0.2) is 13.6 Å². The minimum absolute atomic E-state index is 0.348. The van der Waals surface area contributed by atoms with Crippen LogP contribution in [0.4, 0.5) is 8.78 Å². The number of halogens is 2. The van der Waals surface area contributed by atoms with Crippen molar-refractivity contribution in [1.29, 1.82) is 0 Å². The second-order valence-electron chi connectivity index (χ2n) is 3.12. The summed E-state index contributed by atoms with van der Waals surface area (Å²) in [4.78, 5) is 10.1. The molecule has 0 bridgehead atoms. The lowest BCUT2D eigenvalue weighted by atomic mass is 10.2. The Balaban J connectivity index is 2.37. The van der Waals surface area contributed by atoms with E-state index in [1.54, 1.807) is 0 Å². The van der Waals surface area contributed by atoms with E-state index < -0.39 is 17.6 Å². The normalized spacial score (nSPS) is 10.9. The molecule has 16 heavy (non-hydrogen) atoms. The summed E-state index contributed by atoms with van der Waals surface area (Å²) in [5.74, 6) is -2.79. The van der Waals surface area contributed by atoms with E-state index in [1.807, 2.05) is 0 Å². The summed E-state index contributed by atoms with van der Waals surface area (Å²) in [5.41, 5.74) is 0.600. The highest BCUT2D eigenvalue weighted by Gasteiger charge is 2.01. The lowest BCUT2D eigenvalue weighted by Crippen LogP contribution is -2.13. The number of carboxylic acid groups (broad SMARTS) is 1. The standard InChI is InChI=1S/C11H11F2NO2/c12-9-4-3-8(6-10(9)13)7-14-5-1-2-11(15)16/h1-4,6,14H,5,7H2,(H,15,16)/b2-1+. The van der Waals surface area contributed by atoms with Crippen LogP contribution in [0.25, 0.3) is 0 Å². The van der Waals surface area contributed by atoms with Crippen LogP contribution in [-0.4, -0.2) is 17.6 Å². The van der Waals surface area contributed by atoms with E-state index in [1.165, 1.54) is 12.1 Å². The molecule has 0 fully saturated rings. The molecular formula is C11H11F2NO2. The Labute approximate surface area is 91.4 Å². The molecule has 0 aliphatic heterocycles. The van der Waals surface area contributed by atoms with Crippen molar-refractivity contribution in [1.82, 2.24) is 5.32 Å². The monoisotopic (exact) mass is 227 g/mol. The third kappa shape index (κ3) is 4.18. The van der Waals surface area contributed by atoms with E-state index in [0.717, 1.165) is 18.2 Å². The van der Waals surface area contributed by atoms with Crippen molar-refractivity contribution in [2.24, 2.45) is 0 Å². The van der Waals surface area contributed by atoms with Gasteiger partial charge in [0, 0.05) is 19.2 Å². The van der Waals surface area contributed by atoms with Gasteiger partial charge in [-0.3, -0.25) is 0 Å². The molecule has 0 radical (unpaired) electrons. The highest BCUT2D eigenvalue weighted by molar-refractivity contribution is 5.79. The van der Waals surface area contributed by atoms with Gasteiger partial charge in [0.25, 0.3) is 0 Å². The SMILES string of the molecule is O=C(O)/C=C/CNCc1ccc(F)c(F)c1. The summed E-state index contributed by atoms with van der Waals surface area (Å²) >= 11 is 0. The molecule has 0 atom stereocenters. The molecule has 3 nitrogen and oxygen atoms in total. The Morgan fingerprint density at radius 2 is 2.12 bits per heavy atom. The van der Waals surface area contributed by atoms with Crippen molar-refractivity contribution in [3.8, 4) is 0 Å². The predicted molar refractivity (Wildman–Crippen MR) is 54.8 cm³/mol. The third-order valence-electron chi connectivity index (χ3n) is 1.84. The molecule has 86 valence electrons. The van der Waals surface area contributed by atoms with Crippen LogP contribution in [0, 0.1) is 11.6 Å². The number of nitrogens with one attached hydrogen (secondary N) is 1. The van der Waals surface area contributed by atoms with E-state index in [2.05, 4.69) is 5.32 Å². The fourth-order valence-corrected chi connectivity index (χ4v) is 1.11. The highest BCUT2D eigenvalue weighted by Crippen LogP contribution is 2.08. The Morgan fingerprint density at radius 3 is 2.75 bits per heavy atom. The number of hydrogen-bond acceptors (Lipinski definition) is 2. The maximum Gasteiger partial charge on any atom is 0.328 e. The van der Waals surface area contributed by atoms with Crippen LogP contribution < -0.4 is 5.32 Å². The number of benzene rings is 1. The second-order valence-corrected chi connectivity index (χ2v) is 3.12. The largest absolute Gasteiger partial charge is 0.478 e. The molecule has 0 aliphatic rings. The predicted octanol–water partition coefficient (Wildman–Crippen LogP) is 1.70. The summed E-state index contributed by atoms with van der Waals surface area (Å²) < 4.78 is 25.3. The number of hydrogen-bond donors (Lipinski definition) is 2. The Hall–Kier alpha value is -1.75. The molecule has 0 saturated heterocycles. The van der Waals surface area contributed by atoms with Crippen LogP contribution in [0.3, 0.4) is 0 Å². The lowest BCUT2D eigenvalue weighted by molar-refractivity contribution is -0.131. The number of carbonyl (C=O) groups is 1. The van der Waals surface area contributed by atoms with Gasteiger partial charge in [0.05, 0.1) is 0 Å². The molecule has 0 saturated carbocycles. The Morgan fingerprint density at radius 1 is 1.38 bits per heavy atom. The minimum atomic E-state index is -1.02. The Kier molecular flexibility index (Phi) is 4.60. The minimum Gasteiger partial charge on any atom is -0.478 e. The van der Waals surface area contributed by atoms with Gasteiger partial charge in [-0.2, -0.15) is 0 Å². The molecule has 0 aromatic heterocycles. The van der Waals surface area contributed by atoms with Crippen molar-refractivity contribution in [3.05, 3.63) is 47.5 Å². The first-order chi connectivity index (χ1) is 7.59. The third-order valence-corrected chi connectivity index (χ3v) is 1.84. The van der Waals surface area contributed by atoms with E-state index in [0.29, 0.717) is 18.7 Å². The van der Waals surface area contributed by atoms with E-state index >= 15 is 0 Å². The zero-order chi connectivity index (χ0) is 12.0. The van der Waals surface area contributed by atoms with Gasteiger partial charge in [-0.05, 0) is 17.7 Å². The molecule has 0 amide bonds. The smallest absolute Gasteiger partial charge is 0.328 e. The first-order valence-corrected chi connectivity index (χ1v) is 4.63. The van der Waals surface area contributed by atoms with Crippen molar-refractivity contribution in [3.63, 3.8) is 0 Å². The number of aliphatic carboxylic acids is 1. The molecular weight excluding hydrogens is 216 g/mol. The molecule has 1 rings (SSSR count). The van der Waals surface area contributed by atoms with Gasteiger partial charge in [-0.15, -0.1) is 0 Å². The molecule has 5 heteroatoms. The van der Waals surface area contributed by atoms with Crippen LogP contribution in [0.2, 0.25) is 0 Å². The molecule has 1 aromatic carbocycles. The molecule has 1 aromatic rings. The van der Waals surface area contributed by atoms with Gasteiger partial charge in [0.2, 0.25) is 0 Å². The summed E-state index contributed by atoms with van der Waals surface area (Å²) in [6.07, 6.45) is 2.44. The van der Waals surface area contributed by atoms with Crippen LogP contribution in [0.1, 0.15) is 5.56 Å².